The summed E-state index contributed by atoms with van der Waals surface area (Å²) in [5, 5.41) is 2.77. The lowest BCUT2D eigenvalue weighted by Gasteiger charge is -2.11. The molecule has 0 bridgehead atoms. The topological polar surface area (TPSA) is 79.5 Å². The number of rotatable bonds is 5. The molecule has 0 saturated heterocycles. The molecule has 0 aliphatic heterocycles. The van der Waals surface area contributed by atoms with E-state index >= 15 is 0 Å². The molecule has 10 heteroatoms. The van der Waals surface area contributed by atoms with E-state index in [9.17, 15) is 14.0 Å². The maximum absolute atomic E-state index is 12.8. The van der Waals surface area contributed by atoms with Crippen LogP contribution in [0.2, 0.25) is 5.02 Å². The van der Waals surface area contributed by atoms with E-state index in [-0.39, 0.29) is 17.5 Å². The molecule has 0 spiro atoms. The van der Waals surface area contributed by atoms with Crippen LogP contribution in [0.5, 0.6) is 5.75 Å². The smallest absolute Gasteiger partial charge is 0.276 e. The van der Waals surface area contributed by atoms with Crippen LogP contribution in [0.15, 0.2) is 53.0 Å². The van der Waals surface area contributed by atoms with Crippen molar-refractivity contribution in [1.82, 2.24) is 16.2 Å². The number of benzene rings is 2. The molecule has 3 N–H and O–H groups in total. The lowest BCUT2D eigenvalue weighted by atomic mass is 10.2. The number of hydrazine groups is 1. The summed E-state index contributed by atoms with van der Waals surface area (Å²) in [4.78, 5) is 23.5. The number of ether oxygens (including phenoxy) is 1. The van der Waals surface area contributed by atoms with E-state index in [4.69, 9.17) is 28.6 Å². The summed E-state index contributed by atoms with van der Waals surface area (Å²) < 4.78 is 18.8. The van der Waals surface area contributed by atoms with E-state index in [1.807, 2.05) is 0 Å². The van der Waals surface area contributed by atoms with Crippen molar-refractivity contribution in [2.45, 2.75) is 0 Å². The van der Waals surface area contributed by atoms with E-state index in [0.717, 1.165) is 0 Å². The molecule has 2 aromatic rings. The van der Waals surface area contributed by atoms with Gasteiger partial charge in [0.25, 0.3) is 5.91 Å². The highest BCUT2D eigenvalue weighted by atomic mass is 79.9. The molecule has 6 nitrogen and oxygen atoms in total. The molecule has 146 valence electrons. The molecular formula is C18H14BrClFN3O3S. The lowest BCUT2D eigenvalue weighted by Crippen LogP contribution is -2.49. The first-order valence-electron chi connectivity index (χ1n) is 7.75. The summed E-state index contributed by atoms with van der Waals surface area (Å²) in [6.07, 6.45) is 2.72. The maximum atomic E-state index is 12.8. The number of hydrogen-bond donors (Lipinski definition) is 3. The predicted octanol–water partition coefficient (Wildman–Crippen LogP) is 3.36. The molecule has 0 atom stereocenters. The number of amides is 2. The normalized spacial score (nSPS) is 10.4. The van der Waals surface area contributed by atoms with Crippen molar-refractivity contribution in [2.75, 3.05) is 6.61 Å². The van der Waals surface area contributed by atoms with Gasteiger partial charge >= 0.3 is 0 Å². The molecule has 2 aromatic carbocycles. The highest BCUT2D eigenvalue weighted by Crippen LogP contribution is 2.27. The molecule has 2 amide bonds. The second kappa shape index (κ2) is 10.7. The molecule has 0 saturated carbocycles. The van der Waals surface area contributed by atoms with Crippen molar-refractivity contribution in [2.24, 2.45) is 0 Å². The summed E-state index contributed by atoms with van der Waals surface area (Å²) in [5.41, 5.74) is 5.32. The van der Waals surface area contributed by atoms with Crippen molar-refractivity contribution in [3.63, 3.8) is 0 Å². The highest BCUT2D eigenvalue weighted by Gasteiger charge is 2.07. The first-order chi connectivity index (χ1) is 13.3. The van der Waals surface area contributed by atoms with Gasteiger partial charge in [-0.3, -0.25) is 25.8 Å². The molecule has 0 unspecified atom stereocenters. The zero-order valence-electron chi connectivity index (χ0n) is 14.2. The fourth-order valence-corrected chi connectivity index (χ4v) is 2.78. The van der Waals surface area contributed by atoms with E-state index in [2.05, 4.69) is 32.1 Å². The second-order valence-corrected chi connectivity index (χ2v) is 6.94. The molecule has 0 fully saturated rings. The van der Waals surface area contributed by atoms with Crippen LogP contribution in [0.4, 0.5) is 4.39 Å². The molecule has 0 aliphatic rings. The summed E-state index contributed by atoms with van der Waals surface area (Å²) >= 11 is 14.0. The van der Waals surface area contributed by atoms with Gasteiger partial charge in [0.05, 0.1) is 4.47 Å². The van der Waals surface area contributed by atoms with E-state index in [1.165, 1.54) is 36.4 Å². The molecule has 2 rings (SSSR count). The third-order valence-electron chi connectivity index (χ3n) is 3.10. The van der Waals surface area contributed by atoms with Crippen molar-refractivity contribution >= 4 is 62.8 Å². The lowest BCUT2D eigenvalue weighted by molar-refractivity contribution is -0.123. The third-order valence-corrected chi connectivity index (χ3v) is 4.16. The number of carbonyl (C=O) groups excluding carboxylic acids is 2. The van der Waals surface area contributed by atoms with Gasteiger partial charge in [0, 0.05) is 11.1 Å². The first-order valence-corrected chi connectivity index (χ1v) is 9.32. The molecule has 0 radical (unpaired) electrons. The molecule has 28 heavy (non-hydrogen) atoms. The SMILES string of the molecule is O=C(C=Cc1ccc(F)cc1)NC(=S)NNC(=O)COc1ccc(Cl)cc1Br. The Morgan fingerprint density at radius 1 is 1.18 bits per heavy atom. The van der Waals surface area contributed by atoms with Gasteiger partial charge in [-0.1, -0.05) is 23.7 Å². The summed E-state index contributed by atoms with van der Waals surface area (Å²) in [6.45, 7) is -0.283. The van der Waals surface area contributed by atoms with Gasteiger partial charge in [0.15, 0.2) is 11.7 Å². The second-order valence-electron chi connectivity index (χ2n) is 5.24. The molecule has 0 aromatic heterocycles. The van der Waals surface area contributed by atoms with Gasteiger partial charge in [0.1, 0.15) is 11.6 Å². The van der Waals surface area contributed by atoms with Crippen LogP contribution in [0.25, 0.3) is 6.08 Å². The van der Waals surface area contributed by atoms with Gasteiger partial charge in [-0.15, -0.1) is 0 Å². The highest BCUT2D eigenvalue weighted by molar-refractivity contribution is 9.10. The Bertz CT molecular complexity index is 909. The van der Waals surface area contributed by atoms with E-state index in [1.54, 1.807) is 18.2 Å². The third kappa shape index (κ3) is 7.63. The fourth-order valence-electron chi connectivity index (χ4n) is 1.83. The zero-order valence-corrected chi connectivity index (χ0v) is 17.3. The zero-order chi connectivity index (χ0) is 20.5. The van der Waals surface area contributed by atoms with Crippen LogP contribution in [0.1, 0.15) is 5.56 Å². The van der Waals surface area contributed by atoms with Gasteiger partial charge in [0.2, 0.25) is 5.91 Å². The number of halogens is 3. The minimum atomic E-state index is -0.516. The summed E-state index contributed by atoms with van der Waals surface area (Å²) in [5.74, 6) is -0.950. The van der Waals surface area contributed by atoms with Crippen LogP contribution in [-0.2, 0) is 9.59 Å². The van der Waals surface area contributed by atoms with Gasteiger partial charge in [-0.05, 0) is 70.1 Å². The number of carbonyl (C=O) groups is 2. The van der Waals surface area contributed by atoms with Gasteiger partial charge in [-0.2, -0.15) is 0 Å². The Morgan fingerprint density at radius 3 is 2.57 bits per heavy atom. The monoisotopic (exact) mass is 485 g/mol. The van der Waals surface area contributed by atoms with E-state index < -0.39 is 11.8 Å². The van der Waals surface area contributed by atoms with Crippen molar-refractivity contribution in [3.05, 3.63) is 69.4 Å². The standard InChI is InChI=1S/C18H14BrClFN3O3S/c19-14-9-12(20)4-7-15(14)27-10-17(26)23-24-18(28)22-16(25)8-3-11-1-5-13(21)6-2-11/h1-9H,10H2,(H,23,26)(H2,22,24,25,28). The molecule has 0 heterocycles. The minimum Gasteiger partial charge on any atom is -0.483 e. The van der Waals surface area contributed by atoms with Gasteiger partial charge in [-0.25, -0.2) is 4.39 Å². The molecular weight excluding hydrogens is 473 g/mol. The van der Waals surface area contributed by atoms with Crippen LogP contribution < -0.4 is 20.9 Å². The summed E-state index contributed by atoms with van der Waals surface area (Å²) in [7, 11) is 0. The average molecular weight is 487 g/mol. The van der Waals surface area contributed by atoms with Crippen LogP contribution >= 0.6 is 39.7 Å². The van der Waals surface area contributed by atoms with Crippen LogP contribution in [0.3, 0.4) is 0 Å². The molecule has 0 aliphatic carbocycles. The van der Waals surface area contributed by atoms with E-state index in [0.29, 0.717) is 20.8 Å². The Morgan fingerprint density at radius 2 is 1.89 bits per heavy atom. The van der Waals surface area contributed by atoms with Crippen molar-refractivity contribution < 1.29 is 18.7 Å². The van der Waals surface area contributed by atoms with Crippen molar-refractivity contribution in [3.8, 4) is 5.75 Å². The fraction of sp³-hybridized carbons (Fsp3) is 0.0556. The van der Waals surface area contributed by atoms with Crippen LogP contribution in [0, 0.1) is 5.82 Å². The van der Waals surface area contributed by atoms with Crippen molar-refractivity contribution in [1.29, 1.82) is 0 Å². The predicted molar refractivity (Wildman–Crippen MR) is 112 cm³/mol. The first kappa shape index (κ1) is 21.8. The van der Waals surface area contributed by atoms with Crippen LogP contribution in [-0.4, -0.2) is 23.5 Å². The number of thiocarbonyl (C=S) groups is 1. The minimum absolute atomic E-state index is 0.102. The maximum Gasteiger partial charge on any atom is 0.276 e. The average Bonchev–Trinajstić information content (AvgIpc) is 2.65. The number of nitrogens with one attached hydrogen (secondary N) is 3. The van der Waals surface area contributed by atoms with Gasteiger partial charge < -0.3 is 4.74 Å². The Hall–Kier alpha value is -2.49. The Balaban J connectivity index is 1.71. The Labute approximate surface area is 179 Å². The quantitative estimate of drug-likeness (QED) is 0.343. The summed E-state index contributed by atoms with van der Waals surface area (Å²) in [6, 6.07) is 10.5. The Kier molecular flexibility index (Phi) is 8.37. The number of hydrogen-bond acceptors (Lipinski definition) is 4. The largest absolute Gasteiger partial charge is 0.483 e.